The summed E-state index contributed by atoms with van der Waals surface area (Å²) in [5.41, 5.74) is 3.13. The van der Waals surface area contributed by atoms with Gasteiger partial charge in [0.1, 0.15) is 5.75 Å². The summed E-state index contributed by atoms with van der Waals surface area (Å²) in [4.78, 5) is 0. The van der Waals surface area contributed by atoms with E-state index in [2.05, 4.69) is 6.58 Å². The van der Waals surface area contributed by atoms with E-state index in [-0.39, 0.29) is 0 Å². The van der Waals surface area contributed by atoms with Crippen LogP contribution in [0.3, 0.4) is 0 Å². The predicted molar refractivity (Wildman–Crippen MR) is 79.7 cm³/mol. The Morgan fingerprint density at radius 2 is 1.79 bits per heavy atom. The van der Waals surface area contributed by atoms with Crippen molar-refractivity contribution in [3.05, 3.63) is 59.6 Å². The summed E-state index contributed by atoms with van der Waals surface area (Å²) in [6.45, 7) is 7.27. The molecule has 0 saturated heterocycles. The Kier molecular flexibility index (Phi) is 5.61. The van der Waals surface area contributed by atoms with Crippen molar-refractivity contribution in [1.82, 2.24) is 0 Å². The fourth-order valence-electron chi connectivity index (χ4n) is 1.91. The Hall–Kier alpha value is -1.78. The molecule has 4 heteroatoms. The van der Waals surface area contributed by atoms with Gasteiger partial charge in [0.25, 0.3) is 0 Å². The maximum absolute atomic E-state index is 9.39. The zero-order valence-electron chi connectivity index (χ0n) is 11.6. The lowest BCUT2D eigenvalue weighted by molar-refractivity contribution is 0.415. The van der Waals surface area contributed by atoms with E-state index in [0.717, 1.165) is 22.5 Å². The van der Waals surface area contributed by atoms with Crippen LogP contribution in [0.15, 0.2) is 54.0 Å². The molecule has 1 aromatic carbocycles. The summed E-state index contributed by atoms with van der Waals surface area (Å²) in [5, 5.41) is 18.8. The van der Waals surface area contributed by atoms with Gasteiger partial charge in [0.05, 0.1) is 7.11 Å². The highest BCUT2D eigenvalue weighted by Crippen LogP contribution is 2.28. The highest BCUT2D eigenvalue weighted by molar-refractivity contribution is 6.52. The molecular weight excluding hydrogens is 239 g/mol. The van der Waals surface area contributed by atoms with Crippen molar-refractivity contribution in [2.24, 2.45) is 0 Å². The van der Waals surface area contributed by atoms with Crippen molar-refractivity contribution < 1.29 is 14.8 Å². The van der Waals surface area contributed by atoms with E-state index in [9.17, 15) is 10.0 Å². The van der Waals surface area contributed by atoms with Crippen LogP contribution in [0.25, 0.3) is 5.57 Å². The minimum absolute atomic E-state index is 0.501. The van der Waals surface area contributed by atoms with Crippen molar-refractivity contribution >= 4 is 12.7 Å². The molecule has 1 rings (SSSR count). The largest absolute Gasteiger partial charge is 0.497 e. The first-order chi connectivity index (χ1) is 9.01. The van der Waals surface area contributed by atoms with Gasteiger partial charge in [0, 0.05) is 0 Å². The first-order valence-corrected chi connectivity index (χ1v) is 6.02. The van der Waals surface area contributed by atoms with E-state index in [1.165, 1.54) is 0 Å². The van der Waals surface area contributed by atoms with Gasteiger partial charge in [0.15, 0.2) is 0 Å². The molecule has 0 atom stereocenters. The zero-order chi connectivity index (χ0) is 14.4. The molecule has 0 bridgehead atoms. The Balaban J connectivity index is 3.35. The van der Waals surface area contributed by atoms with Gasteiger partial charge in [-0.2, -0.15) is 0 Å². The van der Waals surface area contributed by atoms with Crippen LogP contribution in [-0.2, 0) is 0 Å². The lowest BCUT2D eigenvalue weighted by Gasteiger charge is -2.14. The molecule has 0 aliphatic heterocycles. The first-order valence-electron chi connectivity index (χ1n) is 6.02. The average Bonchev–Trinajstić information content (AvgIpc) is 2.40. The molecule has 0 saturated carbocycles. The van der Waals surface area contributed by atoms with Crippen LogP contribution < -0.4 is 4.74 Å². The fourth-order valence-corrected chi connectivity index (χ4v) is 1.91. The third-order valence-electron chi connectivity index (χ3n) is 2.92. The second-order valence-corrected chi connectivity index (χ2v) is 4.25. The lowest BCUT2D eigenvalue weighted by Crippen LogP contribution is -2.15. The molecule has 2 N–H and O–H groups in total. The van der Waals surface area contributed by atoms with Crippen LogP contribution >= 0.6 is 0 Å². The Morgan fingerprint density at radius 3 is 2.21 bits per heavy atom. The highest BCUT2D eigenvalue weighted by Gasteiger charge is 2.17. The number of ether oxygens (including phenoxy) is 1. The van der Waals surface area contributed by atoms with E-state index in [0.29, 0.717) is 5.47 Å². The maximum atomic E-state index is 9.39. The van der Waals surface area contributed by atoms with Gasteiger partial charge >= 0.3 is 7.12 Å². The molecule has 19 heavy (non-hydrogen) atoms. The maximum Gasteiger partial charge on any atom is 0.484 e. The van der Waals surface area contributed by atoms with E-state index in [4.69, 9.17) is 4.74 Å². The minimum Gasteiger partial charge on any atom is -0.497 e. The van der Waals surface area contributed by atoms with Crippen molar-refractivity contribution in [2.75, 3.05) is 7.11 Å². The standard InChI is InChI=1S/C15H19BO3/c1-5-6-11(2)15(12(3)16(17)18)13-7-9-14(19-4)10-8-13/h5-10,17-18H,1H2,2-4H3/b11-6+,15-12-. The molecule has 1 aromatic rings. The monoisotopic (exact) mass is 258 g/mol. The molecule has 0 spiro atoms. The normalized spacial score (nSPS) is 12.8. The number of hydrogen-bond donors (Lipinski definition) is 2. The summed E-state index contributed by atoms with van der Waals surface area (Å²) in [6, 6.07) is 7.46. The molecule has 0 radical (unpaired) electrons. The summed E-state index contributed by atoms with van der Waals surface area (Å²) in [7, 11) is 0.127. The molecule has 0 fully saturated rings. The summed E-state index contributed by atoms with van der Waals surface area (Å²) in [6.07, 6.45) is 3.52. The zero-order valence-corrected chi connectivity index (χ0v) is 11.6. The lowest BCUT2D eigenvalue weighted by atomic mass is 9.74. The molecule has 0 amide bonds. The molecule has 100 valence electrons. The topological polar surface area (TPSA) is 49.7 Å². The molecule has 3 nitrogen and oxygen atoms in total. The van der Waals surface area contributed by atoms with Gasteiger partial charge in [-0.1, -0.05) is 30.9 Å². The van der Waals surface area contributed by atoms with E-state index < -0.39 is 7.12 Å². The van der Waals surface area contributed by atoms with Gasteiger partial charge in [-0.05, 0) is 48.2 Å². The van der Waals surface area contributed by atoms with Crippen LogP contribution in [0, 0.1) is 0 Å². The van der Waals surface area contributed by atoms with Crippen LogP contribution in [0.1, 0.15) is 19.4 Å². The minimum atomic E-state index is -1.48. The van der Waals surface area contributed by atoms with Gasteiger partial charge in [0.2, 0.25) is 0 Å². The van der Waals surface area contributed by atoms with Crippen molar-refractivity contribution in [2.45, 2.75) is 13.8 Å². The van der Waals surface area contributed by atoms with E-state index in [1.54, 1.807) is 20.1 Å². The SMILES string of the molecule is C=C/C=C(C)/C(=C(\C)B(O)O)c1ccc(OC)cc1. The van der Waals surface area contributed by atoms with Crippen molar-refractivity contribution in [3.8, 4) is 5.75 Å². The second kappa shape index (κ2) is 6.97. The molecule has 0 aromatic heterocycles. The fraction of sp³-hybridized carbons (Fsp3) is 0.200. The summed E-state index contributed by atoms with van der Waals surface area (Å²) in [5.74, 6) is 0.760. The molecule has 0 aliphatic carbocycles. The Morgan fingerprint density at radius 1 is 1.21 bits per heavy atom. The number of methoxy groups -OCH3 is 1. The van der Waals surface area contributed by atoms with Gasteiger partial charge in [-0.15, -0.1) is 0 Å². The van der Waals surface area contributed by atoms with Crippen LogP contribution in [0.2, 0.25) is 0 Å². The van der Waals surface area contributed by atoms with Gasteiger partial charge < -0.3 is 14.8 Å². The smallest absolute Gasteiger partial charge is 0.484 e. The Bertz CT molecular complexity index is 499. The van der Waals surface area contributed by atoms with Crippen molar-refractivity contribution in [1.29, 1.82) is 0 Å². The van der Waals surface area contributed by atoms with E-state index >= 15 is 0 Å². The third kappa shape index (κ3) is 3.84. The van der Waals surface area contributed by atoms with Crippen LogP contribution in [0.5, 0.6) is 5.75 Å². The second-order valence-electron chi connectivity index (χ2n) is 4.25. The number of allylic oxidation sites excluding steroid dienone is 5. The third-order valence-corrected chi connectivity index (χ3v) is 2.92. The van der Waals surface area contributed by atoms with E-state index in [1.807, 2.05) is 37.3 Å². The van der Waals surface area contributed by atoms with Crippen LogP contribution in [-0.4, -0.2) is 24.3 Å². The number of benzene rings is 1. The molecule has 0 unspecified atom stereocenters. The quantitative estimate of drug-likeness (QED) is 0.630. The molecule has 0 aliphatic rings. The molecule has 0 heterocycles. The Labute approximate surface area is 114 Å². The molecular formula is C15H19BO3. The van der Waals surface area contributed by atoms with Crippen LogP contribution in [0.4, 0.5) is 0 Å². The van der Waals surface area contributed by atoms with Gasteiger partial charge in [-0.3, -0.25) is 0 Å². The summed E-state index contributed by atoms with van der Waals surface area (Å²) >= 11 is 0. The number of hydrogen-bond acceptors (Lipinski definition) is 3. The first kappa shape index (κ1) is 15.3. The number of rotatable bonds is 5. The van der Waals surface area contributed by atoms with Crippen molar-refractivity contribution in [3.63, 3.8) is 0 Å². The highest BCUT2D eigenvalue weighted by atomic mass is 16.5. The average molecular weight is 258 g/mol. The predicted octanol–water partition coefficient (Wildman–Crippen LogP) is 2.61. The summed E-state index contributed by atoms with van der Waals surface area (Å²) < 4.78 is 5.12. The van der Waals surface area contributed by atoms with Gasteiger partial charge in [-0.25, -0.2) is 0 Å².